The second-order valence-electron chi connectivity index (χ2n) is 16.1. The van der Waals surface area contributed by atoms with E-state index in [9.17, 15) is 0 Å². The Balaban J connectivity index is 1.24. The first-order valence-electron chi connectivity index (χ1n) is 17.9. The molecule has 0 nitrogen and oxygen atoms in total. The van der Waals surface area contributed by atoms with Crippen molar-refractivity contribution >= 4 is 33.7 Å². The largest absolute Gasteiger partial charge is 0.0767 e. The Morgan fingerprint density at radius 2 is 1.33 bits per heavy atom. The molecule has 0 heteroatoms. The summed E-state index contributed by atoms with van der Waals surface area (Å²) in [5.41, 5.74) is 17.8. The lowest BCUT2D eigenvalue weighted by Crippen LogP contribution is -2.21. The molecule has 0 saturated heterocycles. The Labute approximate surface area is 289 Å². The second kappa shape index (κ2) is 9.93. The molecule has 0 aliphatic heterocycles. The van der Waals surface area contributed by atoms with E-state index in [4.69, 9.17) is 0 Å². The van der Waals surface area contributed by atoms with Gasteiger partial charge in [-0.1, -0.05) is 162 Å². The van der Waals surface area contributed by atoms with Gasteiger partial charge in [0, 0.05) is 17.3 Å². The molecule has 4 aliphatic rings. The summed E-state index contributed by atoms with van der Waals surface area (Å²) in [4.78, 5) is 0. The molecule has 6 aromatic carbocycles. The van der Waals surface area contributed by atoms with Crippen LogP contribution >= 0.6 is 0 Å². The van der Waals surface area contributed by atoms with Crippen molar-refractivity contribution in [2.24, 2.45) is 5.92 Å². The molecule has 4 aliphatic carbocycles. The summed E-state index contributed by atoms with van der Waals surface area (Å²) in [7, 11) is 0. The first-order valence-corrected chi connectivity index (χ1v) is 17.9. The van der Waals surface area contributed by atoms with Crippen molar-refractivity contribution in [1.82, 2.24) is 0 Å². The molecule has 0 spiro atoms. The fourth-order valence-electron chi connectivity index (χ4n) is 9.72. The van der Waals surface area contributed by atoms with Crippen LogP contribution in [0.2, 0.25) is 0 Å². The Kier molecular flexibility index (Phi) is 5.83. The molecule has 0 radical (unpaired) electrons. The van der Waals surface area contributed by atoms with Crippen LogP contribution in [-0.2, 0) is 10.8 Å². The van der Waals surface area contributed by atoms with Gasteiger partial charge in [-0.2, -0.15) is 0 Å². The van der Waals surface area contributed by atoms with Crippen molar-refractivity contribution in [3.8, 4) is 33.4 Å². The monoisotopic (exact) mass is 628 g/mol. The quantitative estimate of drug-likeness (QED) is 0.167. The van der Waals surface area contributed by atoms with Crippen molar-refractivity contribution in [2.45, 2.75) is 51.4 Å². The first kappa shape index (κ1) is 28.8. The minimum atomic E-state index is -0.0508. The number of hydrogen-bond donors (Lipinski definition) is 0. The molecular formula is C49H40. The summed E-state index contributed by atoms with van der Waals surface area (Å²) in [5.74, 6) is 0.829. The normalized spacial score (nSPS) is 19.2. The van der Waals surface area contributed by atoms with Crippen LogP contribution in [0.4, 0.5) is 0 Å². The highest BCUT2D eigenvalue weighted by atomic mass is 14.4. The third kappa shape index (κ3) is 3.98. The molecule has 2 atom stereocenters. The predicted molar refractivity (Wildman–Crippen MR) is 210 cm³/mol. The van der Waals surface area contributed by atoms with Crippen LogP contribution in [0.15, 0.2) is 133 Å². The second-order valence-corrected chi connectivity index (χ2v) is 16.1. The van der Waals surface area contributed by atoms with Crippen LogP contribution in [0.25, 0.3) is 67.1 Å². The fraction of sp³-hybridized carbons (Fsp3) is 0.184. The molecule has 0 fully saturated rings. The lowest BCUT2D eigenvalue weighted by Gasteiger charge is -2.36. The van der Waals surface area contributed by atoms with Gasteiger partial charge in [0.2, 0.25) is 0 Å². The van der Waals surface area contributed by atoms with Gasteiger partial charge in [0.1, 0.15) is 0 Å². The summed E-state index contributed by atoms with van der Waals surface area (Å²) < 4.78 is 0. The maximum atomic E-state index is 2.51. The van der Waals surface area contributed by atoms with Crippen LogP contribution in [0.3, 0.4) is 0 Å². The lowest BCUT2D eigenvalue weighted by molar-refractivity contribution is 0.601. The minimum absolute atomic E-state index is 0.0489. The van der Waals surface area contributed by atoms with E-state index in [-0.39, 0.29) is 10.8 Å². The van der Waals surface area contributed by atoms with E-state index in [0.717, 1.165) is 0 Å². The van der Waals surface area contributed by atoms with E-state index in [1.54, 1.807) is 0 Å². The van der Waals surface area contributed by atoms with Crippen LogP contribution in [0.1, 0.15) is 73.9 Å². The van der Waals surface area contributed by atoms with Gasteiger partial charge in [-0.05, 0) is 111 Å². The minimum Gasteiger partial charge on any atom is -0.0767 e. The van der Waals surface area contributed by atoms with Gasteiger partial charge in [0.05, 0.1) is 0 Å². The van der Waals surface area contributed by atoms with E-state index < -0.39 is 0 Å². The summed E-state index contributed by atoms with van der Waals surface area (Å²) in [5, 5.41) is 5.36. The van der Waals surface area contributed by atoms with Gasteiger partial charge in [-0.3, -0.25) is 0 Å². The molecule has 49 heavy (non-hydrogen) atoms. The molecule has 2 unspecified atom stereocenters. The number of allylic oxidation sites excluding steroid dienone is 6. The SMILES string of the molecule is CC(C)(C)c1c2ccccc2c(-c2ccc3c(c2)C(C)(C)c2ccccc2-3)c2ccc(-c3ccc4c5c3C=CC3=CC=CC(C=C4)C35)cc12. The zero-order valence-corrected chi connectivity index (χ0v) is 28.9. The number of fused-ring (bicyclic) bond motifs is 5. The summed E-state index contributed by atoms with van der Waals surface area (Å²) >= 11 is 0. The molecule has 236 valence electrons. The summed E-state index contributed by atoms with van der Waals surface area (Å²) in [6.07, 6.45) is 16.3. The highest BCUT2D eigenvalue weighted by Gasteiger charge is 2.36. The van der Waals surface area contributed by atoms with Gasteiger partial charge in [0.15, 0.2) is 0 Å². The van der Waals surface area contributed by atoms with Crippen molar-refractivity contribution < 1.29 is 0 Å². The van der Waals surface area contributed by atoms with Gasteiger partial charge >= 0.3 is 0 Å². The smallest absolute Gasteiger partial charge is 0.0199 e. The van der Waals surface area contributed by atoms with Crippen molar-refractivity contribution in [3.05, 3.63) is 166 Å². The zero-order valence-electron chi connectivity index (χ0n) is 28.9. The third-order valence-electron chi connectivity index (χ3n) is 11.9. The molecule has 0 heterocycles. The van der Waals surface area contributed by atoms with E-state index in [1.165, 1.54) is 93.9 Å². The van der Waals surface area contributed by atoms with Gasteiger partial charge < -0.3 is 0 Å². The lowest BCUT2D eigenvalue weighted by atomic mass is 9.68. The van der Waals surface area contributed by atoms with Gasteiger partial charge in [0.25, 0.3) is 0 Å². The standard InChI is InChI=1S/C49H40/c1-48(2,3)47-40-15-7-6-14-37(40)45(33-22-24-36-35-13-8-9-16-42(35)49(4,5)43(36)28-33)39-26-21-32(27-41(39)47)34-23-19-31-18-17-29-11-10-12-30-20-25-38(34)46(31)44(29)30/h6-29,44H,1-5H3. The fourth-order valence-corrected chi connectivity index (χ4v) is 9.72. The highest BCUT2D eigenvalue weighted by molar-refractivity contribution is 6.16. The maximum absolute atomic E-state index is 2.51. The van der Waals surface area contributed by atoms with Crippen molar-refractivity contribution in [1.29, 1.82) is 0 Å². The first-order chi connectivity index (χ1) is 23.7. The molecular weight excluding hydrogens is 589 g/mol. The van der Waals surface area contributed by atoms with Crippen LogP contribution in [0, 0.1) is 5.92 Å². The molecule has 10 rings (SSSR count). The Morgan fingerprint density at radius 1 is 0.592 bits per heavy atom. The van der Waals surface area contributed by atoms with Gasteiger partial charge in [-0.25, -0.2) is 0 Å². The van der Waals surface area contributed by atoms with E-state index in [1.807, 2.05) is 0 Å². The molecule has 0 saturated carbocycles. The van der Waals surface area contributed by atoms with E-state index >= 15 is 0 Å². The van der Waals surface area contributed by atoms with E-state index in [2.05, 4.69) is 174 Å². The van der Waals surface area contributed by atoms with Crippen molar-refractivity contribution in [2.75, 3.05) is 0 Å². The summed E-state index contributed by atoms with van der Waals surface area (Å²) in [6.45, 7) is 11.9. The average molecular weight is 629 g/mol. The van der Waals surface area contributed by atoms with Crippen molar-refractivity contribution in [3.63, 3.8) is 0 Å². The Hall–Kier alpha value is -5.20. The highest BCUT2D eigenvalue weighted by Crippen LogP contribution is 2.53. The van der Waals surface area contributed by atoms with Crippen LogP contribution < -0.4 is 0 Å². The number of rotatable bonds is 2. The Morgan fingerprint density at radius 3 is 2.18 bits per heavy atom. The number of benzene rings is 6. The molecule has 0 bridgehead atoms. The zero-order chi connectivity index (χ0) is 33.2. The molecule has 0 amide bonds. The molecule has 0 N–H and O–H groups in total. The third-order valence-corrected chi connectivity index (χ3v) is 11.9. The summed E-state index contributed by atoms with van der Waals surface area (Å²) in [6, 6.07) is 37.3. The predicted octanol–water partition coefficient (Wildman–Crippen LogP) is 13.2. The van der Waals surface area contributed by atoms with Crippen LogP contribution in [-0.4, -0.2) is 0 Å². The molecule has 6 aromatic rings. The number of hydrogen-bond acceptors (Lipinski definition) is 0. The topological polar surface area (TPSA) is 0 Å². The van der Waals surface area contributed by atoms with Crippen LogP contribution in [0.5, 0.6) is 0 Å². The Bertz CT molecular complexity index is 2550. The van der Waals surface area contributed by atoms with Gasteiger partial charge in [-0.15, -0.1) is 0 Å². The maximum Gasteiger partial charge on any atom is 0.0199 e. The average Bonchev–Trinajstić information content (AvgIpc) is 3.34. The van der Waals surface area contributed by atoms with E-state index in [0.29, 0.717) is 11.8 Å². The molecule has 0 aromatic heterocycles.